The predicted molar refractivity (Wildman–Crippen MR) is 102 cm³/mol. The summed E-state index contributed by atoms with van der Waals surface area (Å²) in [5.74, 6) is 0.235. The van der Waals surface area contributed by atoms with Gasteiger partial charge in [0, 0.05) is 18.1 Å². The molecular formula is C19H19FN2O4S. The molecule has 6 nitrogen and oxygen atoms in total. The van der Waals surface area contributed by atoms with Crippen LogP contribution in [0.4, 0.5) is 10.1 Å². The van der Waals surface area contributed by atoms with Gasteiger partial charge in [0.05, 0.1) is 12.8 Å². The van der Waals surface area contributed by atoms with Gasteiger partial charge in [-0.05, 0) is 54.6 Å². The Morgan fingerprint density at radius 1 is 1.04 bits per heavy atom. The van der Waals surface area contributed by atoms with Crippen LogP contribution in [0.5, 0.6) is 11.5 Å². The topological polar surface area (TPSA) is 69.6 Å². The van der Waals surface area contributed by atoms with E-state index in [0.717, 1.165) is 0 Å². The SMILES string of the molecule is COc1ccc(OCCS(=O)(=O)Nc2cc(-n3cccc3)ccc2F)cc1. The molecule has 0 aliphatic carbocycles. The van der Waals surface area contributed by atoms with Crippen LogP contribution in [0.3, 0.4) is 0 Å². The Morgan fingerprint density at radius 3 is 2.37 bits per heavy atom. The predicted octanol–water partition coefficient (Wildman–Crippen LogP) is 3.45. The van der Waals surface area contributed by atoms with Crippen molar-refractivity contribution in [2.45, 2.75) is 0 Å². The zero-order valence-corrected chi connectivity index (χ0v) is 15.4. The number of halogens is 1. The number of methoxy groups -OCH3 is 1. The third-order valence-corrected chi connectivity index (χ3v) is 5.03. The normalized spacial score (nSPS) is 11.2. The van der Waals surface area contributed by atoms with E-state index >= 15 is 0 Å². The highest BCUT2D eigenvalue weighted by Gasteiger charge is 2.14. The van der Waals surface area contributed by atoms with E-state index in [-0.39, 0.29) is 18.0 Å². The molecule has 0 saturated heterocycles. The Morgan fingerprint density at radius 2 is 1.70 bits per heavy atom. The zero-order chi connectivity index (χ0) is 19.3. The first-order chi connectivity index (χ1) is 13.0. The maximum absolute atomic E-state index is 14.0. The Balaban J connectivity index is 1.63. The number of benzene rings is 2. The lowest BCUT2D eigenvalue weighted by molar-refractivity contribution is 0.340. The van der Waals surface area contributed by atoms with Crippen LogP contribution in [-0.2, 0) is 10.0 Å². The van der Waals surface area contributed by atoms with Crippen LogP contribution in [0.1, 0.15) is 0 Å². The van der Waals surface area contributed by atoms with Crippen molar-refractivity contribution in [2.75, 3.05) is 24.2 Å². The molecule has 1 N–H and O–H groups in total. The third kappa shape index (κ3) is 5.01. The van der Waals surface area contributed by atoms with Crippen molar-refractivity contribution < 1.29 is 22.3 Å². The lowest BCUT2D eigenvalue weighted by atomic mass is 10.2. The lowest BCUT2D eigenvalue weighted by Gasteiger charge is -2.12. The first-order valence-electron chi connectivity index (χ1n) is 8.17. The van der Waals surface area contributed by atoms with E-state index in [0.29, 0.717) is 17.2 Å². The summed E-state index contributed by atoms with van der Waals surface area (Å²) < 4.78 is 53.0. The van der Waals surface area contributed by atoms with Crippen LogP contribution < -0.4 is 14.2 Å². The van der Waals surface area contributed by atoms with E-state index in [1.54, 1.807) is 54.4 Å². The molecule has 0 fully saturated rings. The van der Waals surface area contributed by atoms with Crippen LogP contribution >= 0.6 is 0 Å². The average molecular weight is 390 g/mol. The van der Waals surface area contributed by atoms with Gasteiger partial charge in [-0.3, -0.25) is 4.72 Å². The fraction of sp³-hybridized carbons (Fsp3) is 0.158. The molecule has 0 bridgehead atoms. The van der Waals surface area contributed by atoms with Gasteiger partial charge >= 0.3 is 0 Å². The second-order valence-electron chi connectivity index (χ2n) is 5.70. The minimum Gasteiger partial charge on any atom is -0.497 e. The Hall–Kier alpha value is -3.00. The molecule has 0 atom stereocenters. The number of rotatable bonds is 8. The summed E-state index contributed by atoms with van der Waals surface area (Å²) in [6.45, 7) is -0.0689. The fourth-order valence-electron chi connectivity index (χ4n) is 2.42. The number of hydrogen-bond acceptors (Lipinski definition) is 4. The molecule has 0 aliphatic heterocycles. The zero-order valence-electron chi connectivity index (χ0n) is 14.6. The quantitative estimate of drug-likeness (QED) is 0.640. The molecule has 2 aromatic carbocycles. The van der Waals surface area contributed by atoms with Crippen molar-refractivity contribution in [3.05, 3.63) is 72.8 Å². The minimum atomic E-state index is -3.77. The van der Waals surface area contributed by atoms with Crippen molar-refractivity contribution in [1.82, 2.24) is 4.57 Å². The minimum absolute atomic E-state index is 0.0689. The highest BCUT2D eigenvalue weighted by atomic mass is 32.2. The second-order valence-corrected chi connectivity index (χ2v) is 7.54. The van der Waals surface area contributed by atoms with E-state index in [9.17, 15) is 12.8 Å². The molecule has 0 spiro atoms. The molecular weight excluding hydrogens is 371 g/mol. The highest BCUT2D eigenvalue weighted by Crippen LogP contribution is 2.21. The standard InChI is InChI=1S/C19H19FN2O4S/c1-25-16-5-7-17(8-6-16)26-12-13-27(23,24)21-19-14-15(4-9-18(19)20)22-10-2-3-11-22/h2-11,14,21H,12-13H2,1H3. The molecule has 142 valence electrons. The van der Waals surface area contributed by atoms with Gasteiger partial charge in [0.1, 0.15) is 29.7 Å². The van der Waals surface area contributed by atoms with Gasteiger partial charge in [-0.15, -0.1) is 0 Å². The van der Waals surface area contributed by atoms with Gasteiger partial charge in [-0.2, -0.15) is 0 Å². The van der Waals surface area contributed by atoms with Crippen LogP contribution in [0.15, 0.2) is 67.0 Å². The first kappa shape index (κ1) is 18.8. The number of anilines is 1. The van der Waals surface area contributed by atoms with Gasteiger partial charge in [0.25, 0.3) is 0 Å². The molecule has 0 unspecified atom stereocenters. The van der Waals surface area contributed by atoms with Crippen LogP contribution in [0.2, 0.25) is 0 Å². The van der Waals surface area contributed by atoms with E-state index in [1.807, 2.05) is 12.1 Å². The molecule has 0 saturated carbocycles. The average Bonchev–Trinajstić information content (AvgIpc) is 3.18. The molecule has 3 aromatic rings. The van der Waals surface area contributed by atoms with Gasteiger partial charge in [-0.25, -0.2) is 12.8 Å². The molecule has 0 aliphatic rings. The third-order valence-electron chi connectivity index (χ3n) is 3.80. The summed E-state index contributed by atoms with van der Waals surface area (Å²) in [6.07, 6.45) is 3.57. The largest absolute Gasteiger partial charge is 0.497 e. The van der Waals surface area contributed by atoms with Gasteiger partial charge in [-0.1, -0.05) is 0 Å². The van der Waals surface area contributed by atoms with Gasteiger partial charge in [0.2, 0.25) is 10.0 Å². The van der Waals surface area contributed by atoms with E-state index in [4.69, 9.17) is 9.47 Å². The lowest BCUT2D eigenvalue weighted by Crippen LogP contribution is -2.22. The molecule has 0 radical (unpaired) electrons. The van der Waals surface area contributed by atoms with Gasteiger partial charge < -0.3 is 14.0 Å². The van der Waals surface area contributed by atoms with Crippen molar-refractivity contribution in [3.63, 3.8) is 0 Å². The summed E-state index contributed by atoms with van der Waals surface area (Å²) in [4.78, 5) is 0. The number of aromatic nitrogens is 1. The van der Waals surface area contributed by atoms with Crippen LogP contribution in [0.25, 0.3) is 5.69 Å². The molecule has 27 heavy (non-hydrogen) atoms. The second kappa shape index (κ2) is 8.13. The van der Waals surface area contributed by atoms with Crippen molar-refractivity contribution >= 4 is 15.7 Å². The molecule has 1 heterocycles. The number of sulfonamides is 1. The molecule has 8 heteroatoms. The number of nitrogens with zero attached hydrogens (tertiary/aromatic N) is 1. The number of nitrogens with one attached hydrogen (secondary N) is 1. The van der Waals surface area contributed by atoms with Crippen molar-refractivity contribution in [1.29, 1.82) is 0 Å². The summed E-state index contributed by atoms with van der Waals surface area (Å²) >= 11 is 0. The Kier molecular flexibility index (Phi) is 5.66. The smallest absolute Gasteiger partial charge is 0.236 e. The molecule has 3 rings (SSSR count). The summed E-state index contributed by atoms with van der Waals surface area (Å²) in [6, 6.07) is 14.7. The Labute approximate surface area is 157 Å². The summed E-state index contributed by atoms with van der Waals surface area (Å²) in [5.41, 5.74) is 0.541. The first-order valence-corrected chi connectivity index (χ1v) is 9.82. The van der Waals surface area contributed by atoms with Crippen molar-refractivity contribution in [3.8, 4) is 17.2 Å². The monoisotopic (exact) mass is 390 g/mol. The van der Waals surface area contributed by atoms with Gasteiger partial charge in [0.15, 0.2) is 0 Å². The van der Waals surface area contributed by atoms with Crippen LogP contribution in [0, 0.1) is 5.82 Å². The molecule has 0 amide bonds. The van der Waals surface area contributed by atoms with Crippen molar-refractivity contribution in [2.24, 2.45) is 0 Å². The fourth-order valence-corrected chi connectivity index (χ4v) is 3.31. The van der Waals surface area contributed by atoms with E-state index in [2.05, 4.69) is 4.72 Å². The summed E-state index contributed by atoms with van der Waals surface area (Å²) in [5, 5.41) is 0. The highest BCUT2D eigenvalue weighted by molar-refractivity contribution is 7.92. The van der Waals surface area contributed by atoms with Crippen LogP contribution in [-0.4, -0.2) is 32.5 Å². The maximum Gasteiger partial charge on any atom is 0.236 e. The molecule has 1 aromatic heterocycles. The van der Waals surface area contributed by atoms with E-state index < -0.39 is 15.8 Å². The Bertz CT molecular complexity index is 987. The maximum atomic E-state index is 14.0. The van der Waals surface area contributed by atoms with E-state index in [1.165, 1.54) is 12.1 Å². The number of ether oxygens (including phenoxy) is 2. The number of hydrogen-bond donors (Lipinski definition) is 1. The summed E-state index contributed by atoms with van der Waals surface area (Å²) in [7, 11) is -2.22.